The highest BCUT2D eigenvalue weighted by Crippen LogP contribution is 2.04. The zero-order valence-electron chi connectivity index (χ0n) is 7.46. The van der Waals surface area contributed by atoms with Gasteiger partial charge < -0.3 is 30.8 Å². The first-order valence-corrected chi connectivity index (χ1v) is 4.02. The minimum atomic E-state index is -1.55. The Balaban J connectivity index is 3.99. The number of rotatable bonds is 6. The molecule has 0 aliphatic rings. The lowest BCUT2D eigenvalue weighted by molar-refractivity contribution is -0.113. The molecule has 6 heteroatoms. The van der Waals surface area contributed by atoms with Gasteiger partial charge in [0.2, 0.25) is 0 Å². The maximum absolute atomic E-state index is 9.21. The second-order valence-electron chi connectivity index (χ2n) is 2.86. The molecule has 0 spiro atoms. The average Bonchev–Trinajstić information content (AvgIpc) is 2.14. The van der Waals surface area contributed by atoms with Gasteiger partial charge in [-0.25, -0.2) is 0 Å². The molecular weight excluding hydrogens is 178 g/mol. The number of aliphatic hydroxyl groups is 5. The highest BCUT2D eigenvalue weighted by molar-refractivity contribution is 4.81. The molecule has 80 valence electrons. The van der Waals surface area contributed by atoms with E-state index >= 15 is 0 Å². The molecule has 0 saturated heterocycles. The van der Waals surface area contributed by atoms with Crippen molar-refractivity contribution in [2.75, 3.05) is 20.2 Å². The van der Waals surface area contributed by atoms with Crippen LogP contribution >= 0.6 is 0 Å². The molecule has 6 nitrogen and oxygen atoms in total. The van der Waals surface area contributed by atoms with Gasteiger partial charge in [0, 0.05) is 6.54 Å². The summed E-state index contributed by atoms with van der Waals surface area (Å²) in [4.78, 5) is 0. The van der Waals surface area contributed by atoms with Crippen molar-refractivity contribution < 1.29 is 25.5 Å². The second-order valence-corrected chi connectivity index (χ2v) is 2.86. The van der Waals surface area contributed by atoms with Gasteiger partial charge in [-0.05, 0) is 7.05 Å². The van der Waals surface area contributed by atoms with Crippen molar-refractivity contribution in [3.05, 3.63) is 0 Å². The van der Waals surface area contributed by atoms with Crippen LogP contribution in [0.2, 0.25) is 0 Å². The number of aliphatic hydroxyl groups excluding tert-OH is 5. The average molecular weight is 195 g/mol. The molecule has 0 saturated carbocycles. The van der Waals surface area contributed by atoms with Gasteiger partial charge in [-0.3, -0.25) is 0 Å². The number of hydrogen-bond donors (Lipinski definition) is 6. The summed E-state index contributed by atoms with van der Waals surface area (Å²) in [5, 5.41) is 47.5. The lowest BCUT2D eigenvalue weighted by Gasteiger charge is -2.25. The van der Waals surface area contributed by atoms with Gasteiger partial charge >= 0.3 is 0 Å². The Morgan fingerprint density at radius 1 is 1.00 bits per heavy atom. The zero-order valence-corrected chi connectivity index (χ0v) is 7.46. The van der Waals surface area contributed by atoms with E-state index in [4.69, 9.17) is 20.4 Å². The molecule has 0 aliphatic carbocycles. The Bertz CT molecular complexity index is 134. The van der Waals surface area contributed by atoms with Crippen molar-refractivity contribution in [3.63, 3.8) is 0 Å². The van der Waals surface area contributed by atoms with Crippen molar-refractivity contribution >= 4 is 0 Å². The van der Waals surface area contributed by atoms with Gasteiger partial charge in [0.25, 0.3) is 0 Å². The predicted octanol–water partition coefficient (Wildman–Crippen LogP) is -3.36. The summed E-state index contributed by atoms with van der Waals surface area (Å²) in [6.45, 7) is -0.569. The van der Waals surface area contributed by atoms with Crippen molar-refractivity contribution in [2.24, 2.45) is 0 Å². The topological polar surface area (TPSA) is 113 Å². The van der Waals surface area contributed by atoms with E-state index in [9.17, 15) is 5.11 Å². The van der Waals surface area contributed by atoms with Crippen LogP contribution in [0.3, 0.4) is 0 Å². The third-order valence-corrected chi connectivity index (χ3v) is 1.74. The Morgan fingerprint density at radius 2 is 1.46 bits per heavy atom. The molecule has 0 unspecified atom stereocenters. The smallest absolute Gasteiger partial charge is 0.111 e. The van der Waals surface area contributed by atoms with E-state index in [1.165, 1.54) is 0 Å². The van der Waals surface area contributed by atoms with Crippen molar-refractivity contribution in [2.45, 2.75) is 24.4 Å². The predicted molar refractivity (Wildman–Crippen MR) is 45.0 cm³/mol. The maximum Gasteiger partial charge on any atom is 0.111 e. The molecular formula is C7H17NO5. The summed E-state index contributed by atoms with van der Waals surface area (Å²) in [6, 6.07) is 0. The minimum absolute atomic E-state index is 0.0936. The van der Waals surface area contributed by atoms with Crippen molar-refractivity contribution in [3.8, 4) is 0 Å². The van der Waals surface area contributed by atoms with Gasteiger partial charge in [0.05, 0.1) is 12.7 Å². The summed E-state index contributed by atoms with van der Waals surface area (Å²) in [7, 11) is 1.57. The molecule has 0 fully saturated rings. The van der Waals surface area contributed by atoms with E-state index < -0.39 is 31.0 Å². The molecule has 0 bridgehead atoms. The third-order valence-electron chi connectivity index (χ3n) is 1.74. The SMILES string of the molecule is CNC[C@H](O)[C@@H](O)[C@H](O)[C@@H](O)CO. The molecule has 0 aliphatic heterocycles. The van der Waals surface area contributed by atoms with Crippen LogP contribution in [0.1, 0.15) is 0 Å². The Hall–Kier alpha value is -0.240. The van der Waals surface area contributed by atoms with Gasteiger partial charge in [-0.2, -0.15) is 0 Å². The lowest BCUT2D eigenvalue weighted by atomic mass is 10.0. The lowest BCUT2D eigenvalue weighted by Crippen LogP contribution is -2.48. The molecule has 4 atom stereocenters. The fourth-order valence-electron chi connectivity index (χ4n) is 0.893. The Labute approximate surface area is 76.4 Å². The summed E-state index contributed by atoms with van der Waals surface area (Å²) < 4.78 is 0. The molecule has 6 N–H and O–H groups in total. The highest BCUT2D eigenvalue weighted by Gasteiger charge is 2.29. The standard InChI is InChI=1S/C7H17NO5/c1-8-2-4(10)6(12)7(13)5(11)3-9/h4-13H,2-3H2,1H3/t4-,5-,6+,7+/m0/s1. The van der Waals surface area contributed by atoms with E-state index in [-0.39, 0.29) is 6.54 Å². The molecule has 0 heterocycles. The van der Waals surface area contributed by atoms with Crippen LogP contribution in [0.25, 0.3) is 0 Å². The fraction of sp³-hybridized carbons (Fsp3) is 1.00. The largest absolute Gasteiger partial charge is 0.394 e. The molecule has 0 aromatic heterocycles. The first kappa shape index (κ1) is 12.8. The van der Waals surface area contributed by atoms with E-state index in [0.29, 0.717) is 0 Å². The summed E-state index contributed by atoms with van der Waals surface area (Å²) in [6.07, 6.45) is -5.65. The molecule has 0 aromatic rings. The number of likely N-dealkylation sites (N-methyl/N-ethyl adjacent to an activating group) is 1. The van der Waals surface area contributed by atoms with Crippen LogP contribution in [0.15, 0.2) is 0 Å². The van der Waals surface area contributed by atoms with Crippen LogP contribution in [0.4, 0.5) is 0 Å². The summed E-state index contributed by atoms with van der Waals surface area (Å²) >= 11 is 0. The molecule has 13 heavy (non-hydrogen) atoms. The second kappa shape index (κ2) is 6.25. The van der Waals surface area contributed by atoms with E-state index in [1.807, 2.05) is 0 Å². The first-order chi connectivity index (χ1) is 6.04. The van der Waals surface area contributed by atoms with Gasteiger partial charge in [-0.15, -0.1) is 0 Å². The molecule has 0 rings (SSSR count). The molecule has 0 amide bonds. The third kappa shape index (κ3) is 3.99. The Kier molecular flexibility index (Phi) is 6.13. The Morgan fingerprint density at radius 3 is 1.85 bits per heavy atom. The number of hydrogen-bond acceptors (Lipinski definition) is 6. The normalized spacial score (nSPS) is 20.8. The zero-order chi connectivity index (χ0) is 10.4. The molecule has 0 radical (unpaired) electrons. The van der Waals surface area contributed by atoms with E-state index in [1.54, 1.807) is 7.05 Å². The van der Waals surface area contributed by atoms with Crippen LogP contribution < -0.4 is 5.32 Å². The summed E-state index contributed by atoms with van der Waals surface area (Å²) in [5.74, 6) is 0. The van der Waals surface area contributed by atoms with Crippen LogP contribution in [0.5, 0.6) is 0 Å². The van der Waals surface area contributed by atoms with Gasteiger partial charge in [0.1, 0.15) is 18.3 Å². The van der Waals surface area contributed by atoms with Crippen LogP contribution in [-0.4, -0.2) is 70.1 Å². The van der Waals surface area contributed by atoms with E-state index in [2.05, 4.69) is 5.32 Å². The van der Waals surface area contributed by atoms with Crippen molar-refractivity contribution in [1.82, 2.24) is 5.32 Å². The first-order valence-electron chi connectivity index (χ1n) is 4.02. The minimum Gasteiger partial charge on any atom is -0.394 e. The van der Waals surface area contributed by atoms with E-state index in [0.717, 1.165) is 0 Å². The summed E-state index contributed by atoms with van der Waals surface area (Å²) in [5.41, 5.74) is 0. The van der Waals surface area contributed by atoms with Gasteiger partial charge in [-0.1, -0.05) is 0 Å². The van der Waals surface area contributed by atoms with Crippen molar-refractivity contribution in [1.29, 1.82) is 0 Å². The maximum atomic E-state index is 9.21. The highest BCUT2D eigenvalue weighted by atomic mass is 16.4. The molecule has 0 aromatic carbocycles. The monoisotopic (exact) mass is 195 g/mol. The van der Waals surface area contributed by atoms with Crippen LogP contribution in [-0.2, 0) is 0 Å². The van der Waals surface area contributed by atoms with Gasteiger partial charge in [0.15, 0.2) is 0 Å². The fourth-order valence-corrected chi connectivity index (χ4v) is 0.893. The number of nitrogens with one attached hydrogen (secondary N) is 1. The quantitative estimate of drug-likeness (QED) is 0.264. The van der Waals surface area contributed by atoms with Crippen LogP contribution in [0, 0.1) is 0 Å².